The van der Waals surface area contributed by atoms with Crippen LogP contribution in [0.15, 0.2) is 16.5 Å². The van der Waals surface area contributed by atoms with Gasteiger partial charge in [-0.25, -0.2) is 0 Å². The van der Waals surface area contributed by atoms with E-state index in [9.17, 15) is 9.59 Å². The predicted molar refractivity (Wildman–Crippen MR) is 73.4 cm³/mol. The normalized spacial score (nSPS) is 22.3. The molecule has 0 bridgehead atoms. The fourth-order valence-electron chi connectivity index (χ4n) is 2.34. The van der Waals surface area contributed by atoms with Gasteiger partial charge in [0, 0.05) is 24.8 Å². The van der Waals surface area contributed by atoms with Gasteiger partial charge in [-0.05, 0) is 31.4 Å². The van der Waals surface area contributed by atoms with Crippen LogP contribution < -0.4 is 5.32 Å². The van der Waals surface area contributed by atoms with Crippen molar-refractivity contribution >= 4 is 11.9 Å². The Labute approximate surface area is 118 Å². The number of aryl methyl sites for hydroxylation is 1. The fraction of sp³-hybridized carbons (Fsp3) is 0.600. The number of aliphatic carboxylic acids is 1. The van der Waals surface area contributed by atoms with E-state index < -0.39 is 5.97 Å². The summed E-state index contributed by atoms with van der Waals surface area (Å²) in [6.45, 7) is 3.88. The lowest BCUT2D eigenvalue weighted by Gasteiger charge is -2.10. The Hall–Kier alpha value is -1.78. The van der Waals surface area contributed by atoms with Crippen LogP contribution in [-0.2, 0) is 16.0 Å². The first kappa shape index (κ1) is 14.6. The SMILES string of the molecule is CC(CC(=O)O)NC(=O)CCc1ccc(C2CC2C)o1. The number of rotatable bonds is 7. The van der Waals surface area contributed by atoms with Gasteiger partial charge in [0.25, 0.3) is 0 Å². The van der Waals surface area contributed by atoms with E-state index in [1.54, 1.807) is 6.92 Å². The number of amides is 1. The van der Waals surface area contributed by atoms with Gasteiger partial charge in [-0.3, -0.25) is 9.59 Å². The maximum atomic E-state index is 11.7. The molecule has 0 aliphatic heterocycles. The molecule has 1 fully saturated rings. The van der Waals surface area contributed by atoms with Crippen molar-refractivity contribution in [2.75, 3.05) is 0 Å². The van der Waals surface area contributed by atoms with Crippen molar-refractivity contribution in [1.82, 2.24) is 5.32 Å². The van der Waals surface area contributed by atoms with Crippen LogP contribution in [0.3, 0.4) is 0 Å². The Balaban J connectivity index is 1.73. The minimum atomic E-state index is -0.910. The zero-order chi connectivity index (χ0) is 14.7. The van der Waals surface area contributed by atoms with Crippen LogP contribution in [-0.4, -0.2) is 23.0 Å². The molecular weight excluding hydrogens is 258 g/mol. The molecule has 3 unspecified atom stereocenters. The molecule has 1 aliphatic carbocycles. The molecule has 1 amide bonds. The molecule has 1 heterocycles. The third-order valence-corrected chi connectivity index (χ3v) is 3.64. The molecule has 5 nitrogen and oxygen atoms in total. The number of carbonyl (C=O) groups is 2. The molecule has 5 heteroatoms. The molecule has 2 N–H and O–H groups in total. The van der Waals surface area contributed by atoms with Gasteiger partial charge in [0.15, 0.2) is 0 Å². The number of carboxylic acids is 1. The largest absolute Gasteiger partial charge is 0.481 e. The molecule has 1 aliphatic rings. The van der Waals surface area contributed by atoms with Gasteiger partial charge in [-0.2, -0.15) is 0 Å². The van der Waals surface area contributed by atoms with Gasteiger partial charge in [0.1, 0.15) is 11.5 Å². The van der Waals surface area contributed by atoms with Crippen LogP contribution in [0.2, 0.25) is 0 Å². The molecule has 0 saturated heterocycles. The van der Waals surface area contributed by atoms with Gasteiger partial charge in [0.2, 0.25) is 5.91 Å². The number of hydrogen-bond donors (Lipinski definition) is 2. The number of furan rings is 1. The van der Waals surface area contributed by atoms with E-state index in [0.717, 1.165) is 11.5 Å². The highest BCUT2D eigenvalue weighted by Gasteiger charge is 2.36. The lowest BCUT2D eigenvalue weighted by Crippen LogP contribution is -2.34. The highest BCUT2D eigenvalue weighted by molar-refractivity contribution is 5.77. The third-order valence-electron chi connectivity index (χ3n) is 3.64. The molecule has 1 aromatic heterocycles. The van der Waals surface area contributed by atoms with Crippen LogP contribution in [0.25, 0.3) is 0 Å². The van der Waals surface area contributed by atoms with Crippen molar-refractivity contribution in [2.45, 2.75) is 51.5 Å². The molecule has 0 aromatic carbocycles. The molecule has 3 atom stereocenters. The number of nitrogens with one attached hydrogen (secondary N) is 1. The van der Waals surface area contributed by atoms with Gasteiger partial charge >= 0.3 is 5.97 Å². The van der Waals surface area contributed by atoms with E-state index in [2.05, 4.69) is 12.2 Å². The topological polar surface area (TPSA) is 79.5 Å². The summed E-state index contributed by atoms with van der Waals surface area (Å²) in [6, 6.07) is 3.57. The van der Waals surface area contributed by atoms with E-state index >= 15 is 0 Å². The van der Waals surface area contributed by atoms with Gasteiger partial charge < -0.3 is 14.8 Å². The first-order valence-electron chi connectivity index (χ1n) is 7.05. The number of hydrogen-bond acceptors (Lipinski definition) is 3. The lowest BCUT2D eigenvalue weighted by molar-refractivity contribution is -0.137. The lowest BCUT2D eigenvalue weighted by atomic mass is 10.2. The Kier molecular flexibility index (Phi) is 4.47. The summed E-state index contributed by atoms with van der Waals surface area (Å²) in [5, 5.41) is 11.3. The molecule has 0 radical (unpaired) electrons. The van der Waals surface area contributed by atoms with Crippen LogP contribution in [0.5, 0.6) is 0 Å². The number of carboxylic acid groups (broad SMARTS) is 1. The maximum Gasteiger partial charge on any atom is 0.305 e. The summed E-state index contributed by atoms with van der Waals surface area (Å²) in [6.07, 6.45) is 1.99. The Bertz CT molecular complexity index is 494. The highest BCUT2D eigenvalue weighted by atomic mass is 16.4. The molecule has 110 valence electrons. The van der Waals surface area contributed by atoms with Crippen molar-refractivity contribution < 1.29 is 19.1 Å². The van der Waals surface area contributed by atoms with Crippen LogP contribution in [0.1, 0.15) is 50.5 Å². The Morgan fingerprint density at radius 2 is 2.20 bits per heavy atom. The van der Waals surface area contributed by atoms with Gasteiger partial charge in [-0.1, -0.05) is 6.92 Å². The average Bonchev–Trinajstić information content (AvgIpc) is 2.89. The predicted octanol–water partition coefficient (Wildman–Crippen LogP) is 2.32. The second-order valence-electron chi connectivity index (χ2n) is 5.69. The summed E-state index contributed by atoms with van der Waals surface area (Å²) in [5.74, 6) is 2.04. The van der Waals surface area contributed by atoms with Crippen molar-refractivity contribution in [3.63, 3.8) is 0 Å². The quantitative estimate of drug-likeness (QED) is 0.802. The minimum Gasteiger partial charge on any atom is -0.481 e. The summed E-state index contributed by atoms with van der Waals surface area (Å²) in [7, 11) is 0. The van der Waals surface area contributed by atoms with Crippen LogP contribution in [0.4, 0.5) is 0 Å². The summed E-state index contributed by atoms with van der Waals surface area (Å²) in [5.41, 5.74) is 0. The molecule has 1 saturated carbocycles. The highest BCUT2D eigenvalue weighted by Crippen LogP contribution is 2.47. The van der Waals surface area contributed by atoms with Crippen molar-refractivity contribution in [3.05, 3.63) is 23.7 Å². The maximum absolute atomic E-state index is 11.7. The van der Waals surface area contributed by atoms with E-state index in [0.29, 0.717) is 24.7 Å². The van der Waals surface area contributed by atoms with Crippen LogP contribution >= 0.6 is 0 Å². The second-order valence-corrected chi connectivity index (χ2v) is 5.69. The smallest absolute Gasteiger partial charge is 0.305 e. The van der Waals surface area contributed by atoms with Crippen molar-refractivity contribution in [3.8, 4) is 0 Å². The van der Waals surface area contributed by atoms with Crippen molar-refractivity contribution in [1.29, 1.82) is 0 Å². The van der Waals surface area contributed by atoms with Crippen molar-refractivity contribution in [2.24, 2.45) is 5.92 Å². The molecular formula is C15H21NO4. The zero-order valence-corrected chi connectivity index (χ0v) is 11.9. The molecule has 20 heavy (non-hydrogen) atoms. The summed E-state index contributed by atoms with van der Waals surface area (Å²) in [4.78, 5) is 22.2. The summed E-state index contributed by atoms with van der Waals surface area (Å²) < 4.78 is 5.72. The monoisotopic (exact) mass is 279 g/mol. The minimum absolute atomic E-state index is 0.0593. The standard InChI is InChI=1S/C15H21NO4/c1-9-7-12(9)13-5-3-11(20-13)4-6-14(17)16-10(2)8-15(18)19/h3,5,9-10,12H,4,6-8H2,1-2H3,(H,16,17)(H,18,19). The zero-order valence-electron chi connectivity index (χ0n) is 11.9. The molecule has 2 rings (SSSR count). The third kappa shape index (κ3) is 4.11. The van der Waals surface area contributed by atoms with Gasteiger partial charge in [-0.15, -0.1) is 0 Å². The van der Waals surface area contributed by atoms with E-state index in [4.69, 9.17) is 9.52 Å². The Morgan fingerprint density at radius 3 is 2.80 bits per heavy atom. The first-order chi connectivity index (χ1) is 9.45. The van der Waals surface area contributed by atoms with E-state index in [-0.39, 0.29) is 18.4 Å². The first-order valence-corrected chi connectivity index (χ1v) is 7.05. The van der Waals surface area contributed by atoms with Gasteiger partial charge in [0.05, 0.1) is 6.42 Å². The molecule has 0 spiro atoms. The van der Waals surface area contributed by atoms with Crippen LogP contribution in [0, 0.1) is 5.92 Å². The van der Waals surface area contributed by atoms with E-state index in [1.165, 1.54) is 6.42 Å². The Morgan fingerprint density at radius 1 is 1.50 bits per heavy atom. The average molecular weight is 279 g/mol. The van der Waals surface area contributed by atoms with E-state index in [1.807, 2.05) is 12.1 Å². The summed E-state index contributed by atoms with van der Waals surface area (Å²) >= 11 is 0. The second kappa shape index (κ2) is 6.11. The number of carbonyl (C=O) groups excluding carboxylic acids is 1. The molecule has 1 aromatic rings. The fourth-order valence-corrected chi connectivity index (χ4v) is 2.34.